The monoisotopic (exact) mass is 266 g/mol. The van der Waals surface area contributed by atoms with Gasteiger partial charge in [0.25, 0.3) is 5.91 Å². The third-order valence-corrected chi connectivity index (χ3v) is 3.26. The van der Waals surface area contributed by atoms with Gasteiger partial charge < -0.3 is 10.0 Å². The van der Waals surface area contributed by atoms with Crippen LogP contribution in [0.4, 0.5) is 0 Å². The van der Waals surface area contributed by atoms with Crippen LogP contribution in [0.25, 0.3) is 0 Å². The summed E-state index contributed by atoms with van der Waals surface area (Å²) in [5.41, 5.74) is 0. The van der Waals surface area contributed by atoms with Gasteiger partial charge in [-0.1, -0.05) is 6.92 Å². The minimum atomic E-state index is -0.961. The van der Waals surface area contributed by atoms with Gasteiger partial charge in [-0.25, -0.2) is 9.78 Å². The van der Waals surface area contributed by atoms with E-state index in [1.165, 1.54) is 4.90 Å². The number of amides is 1. The molecule has 0 bridgehead atoms. The molecule has 1 aromatic heterocycles. The number of aryl methyl sites for hydroxylation is 1. The second-order valence-corrected chi connectivity index (χ2v) is 4.70. The van der Waals surface area contributed by atoms with Gasteiger partial charge in [-0.2, -0.15) is 0 Å². The van der Waals surface area contributed by atoms with Crippen molar-refractivity contribution < 1.29 is 14.7 Å². The Morgan fingerprint density at radius 3 is 2.95 bits per heavy atom. The number of nitrogens with one attached hydrogen (secondary N) is 1. The van der Waals surface area contributed by atoms with Crippen molar-refractivity contribution in [2.24, 2.45) is 0 Å². The van der Waals surface area contributed by atoms with E-state index in [0.717, 1.165) is 25.7 Å². The largest absolute Gasteiger partial charge is 0.480 e. The van der Waals surface area contributed by atoms with Crippen LogP contribution in [0, 0.1) is 0 Å². The quantitative estimate of drug-likeness (QED) is 0.841. The van der Waals surface area contributed by atoms with Crippen LogP contribution in [0.5, 0.6) is 0 Å². The van der Waals surface area contributed by atoms with Crippen LogP contribution in [-0.4, -0.2) is 49.7 Å². The van der Waals surface area contributed by atoms with Crippen LogP contribution in [0.2, 0.25) is 0 Å². The summed E-state index contributed by atoms with van der Waals surface area (Å²) < 4.78 is 0. The topological polar surface area (TPSA) is 99.2 Å². The summed E-state index contributed by atoms with van der Waals surface area (Å²) >= 11 is 0. The molecule has 0 unspecified atom stereocenters. The smallest absolute Gasteiger partial charge is 0.326 e. The summed E-state index contributed by atoms with van der Waals surface area (Å²) in [6.07, 6.45) is 3.78. The van der Waals surface area contributed by atoms with Crippen LogP contribution >= 0.6 is 0 Å². The molecule has 104 valence electrons. The number of nitrogens with zero attached hydrogens (tertiary/aromatic N) is 3. The molecule has 1 aromatic rings. The van der Waals surface area contributed by atoms with E-state index in [1.807, 2.05) is 6.92 Å². The molecule has 7 nitrogen and oxygen atoms in total. The molecule has 0 spiro atoms. The van der Waals surface area contributed by atoms with E-state index in [9.17, 15) is 9.59 Å². The molecule has 0 aromatic carbocycles. The molecule has 0 radical (unpaired) electrons. The Bertz CT molecular complexity index is 471. The zero-order valence-electron chi connectivity index (χ0n) is 10.9. The molecule has 1 aliphatic rings. The SMILES string of the molecule is CCCc1nc(C(=O)N2CCCC[C@H]2C(=O)O)n[nH]1. The number of carboxylic acid groups (broad SMARTS) is 1. The van der Waals surface area contributed by atoms with Crippen molar-refractivity contribution in [1.29, 1.82) is 0 Å². The van der Waals surface area contributed by atoms with Gasteiger partial charge in [0.05, 0.1) is 0 Å². The van der Waals surface area contributed by atoms with Crippen molar-refractivity contribution in [2.75, 3.05) is 6.54 Å². The maximum Gasteiger partial charge on any atom is 0.326 e. The number of hydrogen-bond acceptors (Lipinski definition) is 4. The highest BCUT2D eigenvalue weighted by Gasteiger charge is 2.34. The maximum absolute atomic E-state index is 12.2. The number of piperidine rings is 1. The van der Waals surface area contributed by atoms with Crippen molar-refractivity contribution in [3.63, 3.8) is 0 Å². The van der Waals surface area contributed by atoms with Gasteiger partial charge in [0.2, 0.25) is 5.82 Å². The molecule has 1 atom stereocenters. The lowest BCUT2D eigenvalue weighted by molar-refractivity contribution is -0.143. The van der Waals surface area contributed by atoms with E-state index in [-0.39, 0.29) is 5.82 Å². The molecule has 2 N–H and O–H groups in total. The predicted molar refractivity (Wildman–Crippen MR) is 66.7 cm³/mol. The van der Waals surface area contributed by atoms with E-state index in [0.29, 0.717) is 18.8 Å². The summed E-state index contributed by atoms with van der Waals surface area (Å²) in [5, 5.41) is 15.7. The second-order valence-electron chi connectivity index (χ2n) is 4.70. The minimum Gasteiger partial charge on any atom is -0.480 e. The zero-order chi connectivity index (χ0) is 13.8. The van der Waals surface area contributed by atoms with E-state index >= 15 is 0 Å². The number of aliphatic carboxylic acids is 1. The minimum absolute atomic E-state index is 0.0663. The second kappa shape index (κ2) is 5.81. The fourth-order valence-electron chi connectivity index (χ4n) is 2.30. The molecule has 1 aliphatic heterocycles. The Morgan fingerprint density at radius 2 is 2.26 bits per heavy atom. The average Bonchev–Trinajstić information content (AvgIpc) is 2.87. The number of H-pyrrole nitrogens is 1. The first kappa shape index (κ1) is 13.5. The number of aromatic nitrogens is 3. The number of carboxylic acids is 1. The first-order valence-electron chi connectivity index (χ1n) is 6.58. The molecule has 2 heterocycles. The molecule has 2 rings (SSSR count). The van der Waals surface area contributed by atoms with Crippen molar-refractivity contribution in [1.82, 2.24) is 20.1 Å². The van der Waals surface area contributed by atoms with E-state index < -0.39 is 17.9 Å². The fourth-order valence-corrected chi connectivity index (χ4v) is 2.30. The Balaban J connectivity index is 2.14. The van der Waals surface area contributed by atoms with Crippen LogP contribution < -0.4 is 0 Å². The summed E-state index contributed by atoms with van der Waals surface area (Å²) in [6, 6.07) is -0.755. The Kier molecular flexibility index (Phi) is 4.13. The lowest BCUT2D eigenvalue weighted by Crippen LogP contribution is -2.48. The van der Waals surface area contributed by atoms with Gasteiger partial charge in [-0.05, 0) is 25.7 Å². The number of likely N-dealkylation sites (tertiary alicyclic amines) is 1. The highest BCUT2D eigenvalue weighted by molar-refractivity contribution is 5.93. The first-order chi connectivity index (χ1) is 9.13. The molecule has 1 amide bonds. The van der Waals surface area contributed by atoms with E-state index in [1.54, 1.807) is 0 Å². The van der Waals surface area contributed by atoms with Crippen molar-refractivity contribution in [3.05, 3.63) is 11.6 Å². The van der Waals surface area contributed by atoms with Gasteiger partial charge in [0.1, 0.15) is 11.9 Å². The standard InChI is InChI=1S/C12H18N4O3/c1-2-5-9-13-10(15-14-9)11(17)16-7-4-3-6-8(16)12(18)19/h8H,2-7H2,1H3,(H,18,19)(H,13,14,15)/t8-/m0/s1. The molecular formula is C12H18N4O3. The van der Waals surface area contributed by atoms with Crippen LogP contribution in [0.1, 0.15) is 49.1 Å². The summed E-state index contributed by atoms with van der Waals surface area (Å²) in [7, 11) is 0. The van der Waals surface area contributed by atoms with Gasteiger partial charge in [0.15, 0.2) is 0 Å². The van der Waals surface area contributed by atoms with Gasteiger partial charge >= 0.3 is 5.97 Å². The molecule has 1 saturated heterocycles. The van der Waals surface area contributed by atoms with Crippen LogP contribution in [0.3, 0.4) is 0 Å². The van der Waals surface area contributed by atoms with Gasteiger partial charge in [-0.3, -0.25) is 9.89 Å². The zero-order valence-corrected chi connectivity index (χ0v) is 10.9. The van der Waals surface area contributed by atoms with E-state index in [2.05, 4.69) is 15.2 Å². The molecule has 7 heteroatoms. The van der Waals surface area contributed by atoms with Gasteiger partial charge in [-0.15, -0.1) is 5.10 Å². The van der Waals surface area contributed by atoms with E-state index in [4.69, 9.17) is 5.11 Å². The number of carbonyl (C=O) groups is 2. The predicted octanol–water partition coefficient (Wildman–Crippen LogP) is 0.837. The summed E-state index contributed by atoms with van der Waals surface area (Å²) in [6.45, 7) is 2.46. The van der Waals surface area contributed by atoms with Crippen molar-refractivity contribution in [3.8, 4) is 0 Å². The Hall–Kier alpha value is -1.92. The highest BCUT2D eigenvalue weighted by Crippen LogP contribution is 2.19. The molecule has 19 heavy (non-hydrogen) atoms. The lowest BCUT2D eigenvalue weighted by Gasteiger charge is -2.31. The van der Waals surface area contributed by atoms with Crippen molar-refractivity contribution in [2.45, 2.75) is 45.1 Å². The van der Waals surface area contributed by atoms with Gasteiger partial charge in [0, 0.05) is 13.0 Å². The Morgan fingerprint density at radius 1 is 1.47 bits per heavy atom. The molecular weight excluding hydrogens is 248 g/mol. The third-order valence-electron chi connectivity index (χ3n) is 3.26. The number of rotatable bonds is 4. The number of hydrogen-bond donors (Lipinski definition) is 2. The number of aromatic amines is 1. The normalized spacial score (nSPS) is 19.4. The lowest BCUT2D eigenvalue weighted by atomic mass is 10.0. The third kappa shape index (κ3) is 2.91. The maximum atomic E-state index is 12.2. The highest BCUT2D eigenvalue weighted by atomic mass is 16.4. The van der Waals surface area contributed by atoms with Crippen molar-refractivity contribution >= 4 is 11.9 Å². The van der Waals surface area contributed by atoms with Crippen LogP contribution in [0.15, 0.2) is 0 Å². The number of carbonyl (C=O) groups excluding carboxylic acids is 1. The van der Waals surface area contributed by atoms with Crippen LogP contribution in [-0.2, 0) is 11.2 Å². The molecule has 0 aliphatic carbocycles. The first-order valence-corrected chi connectivity index (χ1v) is 6.58. The molecule has 1 fully saturated rings. The molecule has 0 saturated carbocycles. The summed E-state index contributed by atoms with van der Waals surface area (Å²) in [5.74, 6) is -0.630. The Labute approximate surface area is 111 Å². The fraction of sp³-hybridized carbons (Fsp3) is 0.667. The summed E-state index contributed by atoms with van der Waals surface area (Å²) in [4.78, 5) is 28.9. The average molecular weight is 266 g/mol.